The molecule has 0 aliphatic heterocycles. The third-order valence-corrected chi connectivity index (χ3v) is 0.993. The first kappa shape index (κ1) is 6.45. The number of rotatable bonds is 3. The van der Waals surface area contributed by atoms with E-state index in [4.69, 9.17) is 3.79 Å². The van der Waals surface area contributed by atoms with Crippen molar-refractivity contribution >= 4 is 15.9 Å². The van der Waals surface area contributed by atoms with Crippen LogP contribution in [0.4, 0.5) is 0 Å². The Hall–Kier alpha value is 0.452. The molecule has 0 fully saturated rings. The Balaban J connectivity index is 2.34. The van der Waals surface area contributed by atoms with E-state index < -0.39 is 0 Å². The Morgan fingerprint density at radius 1 is 1.67 bits per heavy atom. The van der Waals surface area contributed by atoms with Gasteiger partial charge in [-0.15, -0.1) is 0 Å². The van der Waals surface area contributed by atoms with Crippen LogP contribution < -0.4 is 0 Å². The first-order valence-electron chi connectivity index (χ1n) is 1.88. The summed E-state index contributed by atoms with van der Waals surface area (Å²) in [6.07, 6.45) is 0. The maximum absolute atomic E-state index is 4.84. The molecule has 0 atom stereocenters. The van der Waals surface area contributed by atoms with Gasteiger partial charge in [0.2, 0.25) is 0 Å². The van der Waals surface area contributed by atoms with Crippen molar-refractivity contribution < 1.29 is 7.58 Å². The van der Waals surface area contributed by atoms with Crippen molar-refractivity contribution in [2.75, 3.05) is 13.7 Å². The van der Waals surface area contributed by atoms with Gasteiger partial charge in [0.05, 0.1) is 0 Å². The minimum atomic E-state index is -0.182. The van der Waals surface area contributed by atoms with Gasteiger partial charge in [0, 0.05) is 0 Å². The van der Waals surface area contributed by atoms with Crippen molar-refractivity contribution in [2.45, 2.75) is 6.92 Å². The molecule has 0 saturated carbocycles. The summed E-state index contributed by atoms with van der Waals surface area (Å²) >= 11 is -0.182. The Morgan fingerprint density at radius 3 is 2.50 bits per heavy atom. The topological polar surface area (TPSA) is 18.5 Å². The summed E-state index contributed by atoms with van der Waals surface area (Å²) in [5.74, 6) is 0. The van der Waals surface area contributed by atoms with Crippen LogP contribution in [0.3, 0.4) is 0 Å². The van der Waals surface area contributed by atoms with Gasteiger partial charge in [-0.1, -0.05) is 0 Å². The Kier molecular flexibility index (Phi) is 5.86. The van der Waals surface area contributed by atoms with Crippen LogP contribution >= 0.6 is 0 Å². The normalized spacial score (nSPS) is 7.67. The molecule has 0 aromatic carbocycles. The second-order valence-electron chi connectivity index (χ2n) is 0.787. The summed E-state index contributed by atoms with van der Waals surface area (Å²) in [4.78, 5) is 0. The molecule has 0 aromatic heterocycles. The second-order valence-corrected chi connectivity index (χ2v) is 1.78. The Morgan fingerprint density at radius 2 is 2.33 bits per heavy atom. The van der Waals surface area contributed by atoms with Gasteiger partial charge in [-0.25, -0.2) is 0 Å². The fraction of sp³-hybridized carbons (Fsp3) is 1.00. The van der Waals surface area contributed by atoms with E-state index in [2.05, 4.69) is 3.79 Å². The molecule has 0 N–H and O–H groups in total. The van der Waals surface area contributed by atoms with Crippen molar-refractivity contribution in [1.29, 1.82) is 0 Å². The molecule has 0 spiro atoms. The van der Waals surface area contributed by atoms with Crippen LogP contribution in [0.5, 0.6) is 0 Å². The monoisotopic (exact) mass is 103 g/mol. The average molecular weight is 103 g/mol. The molecule has 2 nitrogen and oxygen atoms in total. The maximum atomic E-state index is 4.84. The van der Waals surface area contributed by atoms with Gasteiger partial charge >= 0.3 is 44.1 Å². The van der Waals surface area contributed by atoms with Crippen LogP contribution in [-0.4, -0.2) is 29.6 Å². The van der Waals surface area contributed by atoms with Gasteiger partial charge in [-0.2, -0.15) is 0 Å². The SMILES string of the molecule is CC[O][Al+][O]C. The molecule has 0 rings (SSSR count). The fourth-order valence-electron chi connectivity index (χ4n) is 0.136. The molecular formula is C3H8AlO2+. The van der Waals surface area contributed by atoms with Gasteiger partial charge in [0.15, 0.2) is 0 Å². The molecule has 0 aliphatic rings. The van der Waals surface area contributed by atoms with Crippen LogP contribution in [0, 0.1) is 0 Å². The molecule has 0 saturated heterocycles. The van der Waals surface area contributed by atoms with Crippen LogP contribution in [0.2, 0.25) is 0 Å². The second kappa shape index (κ2) is 5.45. The van der Waals surface area contributed by atoms with E-state index >= 15 is 0 Å². The molecule has 0 radical (unpaired) electrons. The van der Waals surface area contributed by atoms with Crippen LogP contribution in [-0.2, 0) is 7.58 Å². The van der Waals surface area contributed by atoms with Crippen molar-refractivity contribution in [3.05, 3.63) is 0 Å². The van der Waals surface area contributed by atoms with Crippen molar-refractivity contribution in [1.82, 2.24) is 0 Å². The van der Waals surface area contributed by atoms with Crippen LogP contribution in [0.25, 0.3) is 0 Å². The number of hydrogen-bond donors (Lipinski definition) is 0. The zero-order valence-corrected chi connectivity index (χ0v) is 5.26. The minimum absolute atomic E-state index is 0.182. The predicted molar refractivity (Wildman–Crippen MR) is 24.4 cm³/mol. The quantitative estimate of drug-likeness (QED) is 0.375. The number of hydrogen-bond acceptors (Lipinski definition) is 2. The van der Waals surface area contributed by atoms with E-state index in [-0.39, 0.29) is 15.9 Å². The first-order valence-corrected chi connectivity index (χ1v) is 2.82. The van der Waals surface area contributed by atoms with Crippen LogP contribution in [0.15, 0.2) is 0 Å². The molecule has 3 heteroatoms. The molecule has 0 aliphatic carbocycles. The summed E-state index contributed by atoms with van der Waals surface area (Å²) in [7, 11) is 1.64. The molecule has 0 unspecified atom stereocenters. The third kappa shape index (κ3) is 4.45. The van der Waals surface area contributed by atoms with Gasteiger partial charge in [-0.05, 0) is 0 Å². The Bertz CT molecular complexity index is 20.8. The summed E-state index contributed by atoms with van der Waals surface area (Å²) in [6.45, 7) is 2.72. The van der Waals surface area contributed by atoms with E-state index in [9.17, 15) is 0 Å². The van der Waals surface area contributed by atoms with Crippen molar-refractivity contribution in [3.63, 3.8) is 0 Å². The average Bonchev–Trinajstić information content (AvgIpc) is 1.61. The molecule has 6 heavy (non-hydrogen) atoms. The zero-order chi connectivity index (χ0) is 4.83. The van der Waals surface area contributed by atoms with Crippen LogP contribution in [0.1, 0.15) is 6.92 Å². The van der Waals surface area contributed by atoms with E-state index in [1.165, 1.54) is 0 Å². The van der Waals surface area contributed by atoms with E-state index in [0.717, 1.165) is 6.61 Å². The summed E-state index contributed by atoms with van der Waals surface area (Å²) in [5, 5.41) is 0. The molecule has 0 amide bonds. The first-order chi connectivity index (χ1) is 2.91. The molecule has 0 heterocycles. The fourth-order valence-corrected chi connectivity index (χ4v) is 0.408. The molecule has 0 bridgehead atoms. The molecular weight excluding hydrogens is 95.0 g/mol. The molecule has 34 valence electrons. The van der Waals surface area contributed by atoms with E-state index in [1.54, 1.807) is 7.11 Å². The third-order valence-electron chi connectivity index (χ3n) is 0.331. The standard InChI is InChI=1S/C2H5O.CH3O.Al/c1-2-3;1-2;/h2H2,1H3;1H3;/q2*-1;+3. The van der Waals surface area contributed by atoms with E-state index in [0.29, 0.717) is 0 Å². The van der Waals surface area contributed by atoms with Crippen molar-refractivity contribution in [3.8, 4) is 0 Å². The summed E-state index contributed by atoms with van der Waals surface area (Å²) < 4.78 is 9.49. The predicted octanol–water partition coefficient (Wildman–Crippen LogP) is 0.204. The van der Waals surface area contributed by atoms with Gasteiger partial charge in [0.1, 0.15) is 0 Å². The molecule has 0 aromatic rings. The summed E-state index contributed by atoms with van der Waals surface area (Å²) in [6, 6.07) is 0. The Labute approximate surface area is 44.8 Å². The van der Waals surface area contributed by atoms with Gasteiger partial charge in [-0.3, -0.25) is 0 Å². The zero-order valence-electron chi connectivity index (χ0n) is 4.10. The van der Waals surface area contributed by atoms with Crippen molar-refractivity contribution in [2.24, 2.45) is 0 Å². The van der Waals surface area contributed by atoms with Gasteiger partial charge in [0.25, 0.3) is 0 Å². The van der Waals surface area contributed by atoms with E-state index in [1.807, 2.05) is 6.92 Å². The van der Waals surface area contributed by atoms with Gasteiger partial charge < -0.3 is 0 Å². The summed E-state index contributed by atoms with van der Waals surface area (Å²) in [5.41, 5.74) is 0.